The molecule has 0 fully saturated rings. The first-order valence-electron chi connectivity index (χ1n) is 6.23. The molecule has 1 rings (SSSR count). The van der Waals surface area contributed by atoms with Gasteiger partial charge >= 0.3 is 5.97 Å². The van der Waals surface area contributed by atoms with Gasteiger partial charge in [0.25, 0.3) is 0 Å². The van der Waals surface area contributed by atoms with Crippen LogP contribution in [0.15, 0.2) is 30.3 Å². The molecular weight excluding hydrogens is 212 g/mol. The molecule has 0 saturated heterocycles. The van der Waals surface area contributed by atoms with E-state index in [1.54, 1.807) is 0 Å². The number of ether oxygens (including phenoxy) is 1. The van der Waals surface area contributed by atoms with Crippen molar-refractivity contribution in [3.63, 3.8) is 0 Å². The summed E-state index contributed by atoms with van der Waals surface area (Å²) in [6.07, 6.45) is 1.76. The molecule has 2 heteroatoms. The fraction of sp³-hybridized carbons (Fsp3) is 0.467. The summed E-state index contributed by atoms with van der Waals surface area (Å²) in [7, 11) is 0. The van der Waals surface area contributed by atoms with E-state index in [0.717, 1.165) is 12.8 Å². The van der Waals surface area contributed by atoms with E-state index >= 15 is 0 Å². The van der Waals surface area contributed by atoms with E-state index in [1.165, 1.54) is 5.56 Å². The molecule has 1 aromatic rings. The number of benzene rings is 1. The summed E-state index contributed by atoms with van der Waals surface area (Å²) in [6.45, 7) is 8.27. The largest absolute Gasteiger partial charge is 0.466 e. The van der Waals surface area contributed by atoms with Crippen molar-refractivity contribution in [2.45, 2.75) is 32.6 Å². The number of carbonyl (C=O) groups is 1. The van der Waals surface area contributed by atoms with Gasteiger partial charge in [-0.25, -0.2) is 0 Å². The molecule has 0 spiro atoms. The third kappa shape index (κ3) is 4.22. The van der Waals surface area contributed by atoms with Gasteiger partial charge in [0.15, 0.2) is 0 Å². The van der Waals surface area contributed by atoms with Gasteiger partial charge in [-0.1, -0.05) is 37.3 Å². The van der Waals surface area contributed by atoms with Crippen molar-refractivity contribution in [2.24, 2.45) is 5.92 Å². The molecule has 2 unspecified atom stereocenters. The van der Waals surface area contributed by atoms with Crippen molar-refractivity contribution in [3.05, 3.63) is 42.8 Å². The van der Waals surface area contributed by atoms with Gasteiger partial charge in [0.1, 0.15) is 0 Å². The van der Waals surface area contributed by atoms with Gasteiger partial charge in [0.2, 0.25) is 0 Å². The summed E-state index contributed by atoms with van der Waals surface area (Å²) in [5.74, 6) is -0.0925. The molecule has 0 aromatic heterocycles. The normalized spacial score (nSPS) is 14.1. The minimum absolute atomic E-state index is 0.193. The molecule has 0 aliphatic heterocycles. The smallest absolute Gasteiger partial charge is 0.308 e. The van der Waals surface area contributed by atoms with Crippen LogP contribution in [-0.4, -0.2) is 12.6 Å². The minimum Gasteiger partial charge on any atom is -0.466 e. The monoisotopic (exact) mass is 233 g/mol. The first-order chi connectivity index (χ1) is 8.19. The Kier molecular flexibility index (Phi) is 5.75. The summed E-state index contributed by atoms with van der Waals surface area (Å²) in [6, 6.07) is 10.3. The van der Waals surface area contributed by atoms with E-state index in [2.05, 4.69) is 26.0 Å². The summed E-state index contributed by atoms with van der Waals surface area (Å²) in [5, 5.41) is 0. The van der Waals surface area contributed by atoms with Crippen LogP contribution in [-0.2, 0) is 9.53 Å². The Morgan fingerprint density at radius 3 is 2.47 bits per heavy atom. The number of hydrogen-bond donors (Lipinski definition) is 0. The van der Waals surface area contributed by atoms with Crippen LogP contribution in [0.4, 0.5) is 0 Å². The summed E-state index contributed by atoms with van der Waals surface area (Å²) in [5.41, 5.74) is 1.27. The molecule has 2 atom stereocenters. The fourth-order valence-electron chi connectivity index (χ4n) is 1.96. The van der Waals surface area contributed by atoms with Crippen LogP contribution in [0.2, 0.25) is 0 Å². The molecule has 2 nitrogen and oxygen atoms in total. The van der Waals surface area contributed by atoms with E-state index in [-0.39, 0.29) is 11.9 Å². The molecule has 1 aromatic carbocycles. The molecular formula is C15H21O2. The summed E-state index contributed by atoms with van der Waals surface area (Å²) in [4.78, 5) is 11.5. The molecule has 17 heavy (non-hydrogen) atoms. The van der Waals surface area contributed by atoms with Crippen LogP contribution in [0.3, 0.4) is 0 Å². The van der Waals surface area contributed by atoms with Crippen LogP contribution in [0.5, 0.6) is 0 Å². The van der Waals surface area contributed by atoms with E-state index in [0.29, 0.717) is 12.5 Å². The maximum absolute atomic E-state index is 11.5. The van der Waals surface area contributed by atoms with Crippen molar-refractivity contribution in [1.29, 1.82) is 0 Å². The van der Waals surface area contributed by atoms with E-state index < -0.39 is 0 Å². The molecule has 93 valence electrons. The van der Waals surface area contributed by atoms with Crippen LogP contribution >= 0.6 is 0 Å². The van der Waals surface area contributed by atoms with Crippen LogP contribution in [0.1, 0.15) is 38.2 Å². The van der Waals surface area contributed by atoms with Crippen molar-refractivity contribution < 1.29 is 9.53 Å². The fourth-order valence-corrected chi connectivity index (χ4v) is 1.96. The third-order valence-corrected chi connectivity index (χ3v) is 2.95. The Morgan fingerprint density at radius 2 is 1.94 bits per heavy atom. The molecule has 0 bridgehead atoms. The maximum Gasteiger partial charge on any atom is 0.308 e. The quantitative estimate of drug-likeness (QED) is 0.702. The Balaban J connectivity index is 2.61. The number of hydrogen-bond acceptors (Lipinski definition) is 2. The van der Waals surface area contributed by atoms with Gasteiger partial charge in [0, 0.05) is 0 Å². The van der Waals surface area contributed by atoms with Gasteiger partial charge in [-0.15, -0.1) is 0 Å². The zero-order chi connectivity index (χ0) is 12.7. The molecule has 0 aliphatic carbocycles. The topological polar surface area (TPSA) is 26.3 Å². The third-order valence-electron chi connectivity index (χ3n) is 2.95. The van der Waals surface area contributed by atoms with Gasteiger partial charge in [0.05, 0.1) is 12.5 Å². The minimum atomic E-state index is -0.278. The predicted molar refractivity (Wildman–Crippen MR) is 69.6 cm³/mol. The zero-order valence-electron chi connectivity index (χ0n) is 10.7. The highest BCUT2D eigenvalue weighted by molar-refractivity contribution is 5.73. The average molecular weight is 233 g/mol. The van der Waals surface area contributed by atoms with Gasteiger partial charge < -0.3 is 4.74 Å². The SMILES string of the molecule is [CH2]C(CC(CC)c1ccccc1)C(=O)OCC. The van der Waals surface area contributed by atoms with Crippen molar-refractivity contribution in [3.8, 4) is 0 Å². The number of carbonyl (C=O) groups excluding carboxylic acids is 1. The first-order valence-corrected chi connectivity index (χ1v) is 6.23. The lowest BCUT2D eigenvalue weighted by Gasteiger charge is -2.19. The summed E-state index contributed by atoms with van der Waals surface area (Å²) < 4.78 is 4.98. The first kappa shape index (κ1) is 13.8. The van der Waals surface area contributed by atoms with E-state index in [4.69, 9.17) is 4.74 Å². The second kappa shape index (κ2) is 7.10. The van der Waals surface area contributed by atoms with Crippen LogP contribution in [0, 0.1) is 12.8 Å². The molecule has 0 saturated carbocycles. The Morgan fingerprint density at radius 1 is 1.29 bits per heavy atom. The lowest BCUT2D eigenvalue weighted by atomic mass is 9.88. The molecule has 0 heterocycles. The summed E-state index contributed by atoms with van der Waals surface area (Å²) >= 11 is 0. The molecule has 1 radical (unpaired) electrons. The Labute approximate surface area is 104 Å². The van der Waals surface area contributed by atoms with Crippen molar-refractivity contribution in [1.82, 2.24) is 0 Å². The Hall–Kier alpha value is -1.31. The highest BCUT2D eigenvalue weighted by atomic mass is 16.5. The van der Waals surface area contributed by atoms with Gasteiger partial charge in [-0.2, -0.15) is 0 Å². The highest BCUT2D eigenvalue weighted by Crippen LogP contribution is 2.27. The van der Waals surface area contributed by atoms with Crippen molar-refractivity contribution in [2.75, 3.05) is 6.61 Å². The van der Waals surface area contributed by atoms with E-state index in [1.807, 2.05) is 25.1 Å². The van der Waals surface area contributed by atoms with Crippen LogP contribution < -0.4 is 0 Å². The molecule has 0 amide bonds. The van der Waals surface area contributed by atoms with Crippen molar-refractivity contribution >= 4 is 5.97 Å². The standard InChI is InChI=1S/C15H21O2/c1-4-13(14-9-7-6-8-10-14)11-12(3)15(16)17-5-2/h6-10,12-13H,3-5,11H2,1-2H3. The zero-order valence-corrected chi connectivity index (χ0v) is 10.7. The van der Waals surface area contributed by atoms with Gasteiger partial charge in [-0.3, -0.25) is 4.79 Å². The predicted octanol–water partition coefficient (Wildman–Crippen LogP) is 3.58. The lowest BCUT2D eigenvalue weighted by Crippen LogP contribution is -2.17. The Bertz CT molecular complexity index is 332. The lowest BCUT2D eigenvalue weighted by molar-refractivity contribution is -0.146. The number of esters is 1. The second-order valence-corrected chi connectivity index (χ2v) is 4.20. The van der Waals surface area contributed by atoms with E-state index in [9.17, 15) is 4.79 Å². The highest BCUT2D eigenvalue weighted by Gasteiger charge is 2.19. The average Bonchev–Trinajstić information content (AvgIpc) is 2.37. The molecule has 0 N–H and O–H groups in total. The van der Waals surface area contributed by atoms with Crippen LogP contribution in [0.25, 0.3) is 0 Å². The maximum atomic E-state index is 11.5. The van der Waals surface area contributed by atoms with Gasteiger partial charge in [-0.05, 0) is 38.2 Å². The second-order valence-electron chi connectivity index (χ2n) is 4.20. The molecule has 0 aliphatic rings. The number of rotatable bonds is 6.